The number of phenolic OH excluding ortho intramolecular Hbond substituents is 1. The van der Waals surface area contributed by atoms with Crippen LogP contribution in [0, 0.1) is 0 Å². The first-order valence-electron chi connectivity index (χ1n) is 6.38. The molecule has 1 fully saturated rings. The highest BCUT2D eigenvalue weighted by Gasteiger charge is 2.30. The summed E-state index contributed by atoms with van der Waals surface area (Å²) in [6, 6.07) is 3.25. The third-order valence-corrected chi connectivity index (χ3v) is 4.92. The first-order valence-corrected chi connectivity index (χ1v) is 8.40. The molecule has 7 heteroatoms. The third kappa shape index (κ3) is 3.41. The molecule has 1 aromatic carbocycles. The molecule has 1 heterocycles. The second-order valence-electron chi connectivity index (χ2n) is 4.20. The lowest BCUT2D eigenvalue weighted by Crippen LogP contribution is -2.27. The molecule has 21 heavy (non-hydrogen) atoms. The van der Waals surface area contributed by atoms with Gasteiger partial charge in [0.2, 0.25) is 0 Å². The summed E-state index contributed by atoms with van der Waals surface area (Å²) < 4.78 is 6.61. The maximum absolute atomic E-state index is 12.2. The molecule has 2 rings (SSSR count). The van der Waals surface area contributed by atoms with Gasteiger partial charge in [0, 0.05) is 11.0 Å². The summed E-state index contributed by atoms with van der Waals surface area (Å²) in [6.45, 7) is 4.74. The van der Waals surface area contributed by atoms with Gasteiger partial charge >= 0.3 is 0 Å². The van der Waals surface area contributed by atoms with Gasteiger partial charge in [0.15, 0.2) is 11.5 Å². The van der Waals surface area contributed by atoms with Crippen molar-refractivity contribution in [3.63, 3.8) is 0 Å². The average Bonchev–Trinajstić information content (AvgIpc) is 2.69. The highest BCUT2D eigenvalue weighted by molar-refractivity contribution is 9.10. The zero-order chi connectivity index (χ0) is 15.6. The fourth-order valence-corrected chi connectivity index (χ4v) is 3.68. The van der Waals surface area contributed by atoms with Gasteiger partial charge in [0.1, 0.15) is 4.32 Å². The largest absolute Gasteiger partial charge is 0.504 e. The van der Waals surface area contributed by atoms with Crippen molar-refractivity contribution in [1.29, 1.82) is 0 Å². The Hall–Kier alpha value is -1.05. The predicted octanol–water partition coefficient (Wildman–Crippen LogP) is 3.77. The summed E-state index contributed by atoms with van der Waals surface area (Å²) in [5.41, 5.74) is 0.757. The minimum Gasteiger partial charge on any atom is -0.504 e. The van der Waals surface area contributed by atoms with Gasteiger partial charge in [-0.3, -0.25) is 9.69 Å². The summed E-state index contributed by atoms with van der Waals surface area (Å²) in [5.74, 6) is 0.352. The molecule has 1 N–H and O–H groups in total. The molecule has 4 nitrogen and oxygen atoms in total. The van der Waals surface area contributed by atoms with Crippen LogP contribution in [0.4, 0.5) is 0 Å². The monoisotopic (exact) mass is 387 g/mol. The van der Waals surface area contributed by atoms with Crippen molar-refractivity contribution in [3.05, 3.63) is 27.1 Å². The molecule has 0 bridgehead atoms. The van der Waals surface area contributed by atoms with Crippen molar-refractivity contribution in [1.82, 2.24) is 4.90 Å². The standard InChI is InChI=1S/C14H14BrNO3S2/c1-3-16-13(18)12(21-14(16)20)6-8-5-11(19-4-2)10(17)7-9(8)15/h5-7,17H,3-4H2,1-2H3/b12-6-. The van der Waals surface area contributed by atoms with Crippen molar-refractivity contribution >= 4 is 56.2 Å². The van der Waals surface area contributed by atoms with Crippen molar-refractivity contribution in [2.24, 2.45) is 0 Å². The van der Waals surface area contributed by atoms with Gasteiger partial charge in [-0.15, -0.1) is 0 Å². The number of thiocarbonyl (C=S) groups is 1. The number of likely N-dealkylation sites (N-methyl/N-ethyl adjacent to an activating group) is 1. The molecule has 1 saturated heterocycles. The van der Waals surface area contributed by atoms with Crippen LogP contribution in [0.1, 0.15) is 19.4 Å². The number of halogens is 1. The number of nitrogens with zero attached hydrogens (tertiary/aromatic N) is 1. The third-order valence-electron chi connectivity index (χ3n) is 2.85. The topological polar surface area (TPSA) is 49.8 Å². The van der Waals surface area contributed by atoms with E-state index in [9.17, 15) is 9.90 Å². The average molecular weight is 388 g/mol. The molecule has 1 aliphatic heterocycles. The Kier molecular flexibility index (Phi) is 5.29. The van der Waals surface area contributed by atoms with Gasteiger partial charge in [-0.25, -0.2) is 0 Å². The summed E-state index contributed by atoms with van der Waals surface area (Å²) in [4.78, 5) is 14.3. The number of ether oxygens (including phenoxy) is 1. The Bertz CT molecular complexity index is 631. The number of aromatic hydroxyl groups is 1. The molecule has 0 spiro atoms. The van der Waals surface area contributed by atoms with Crippen LogP contribution in [0.25, 0.3) is 6.08 Å². The van der Waals surface area contributed by atoms with Crippen LogP contribution in [0.5, 0.6) is 11.5 Å². The molecule has 0 radical (unpaired) electrons. The van der Waals surface area contributed by atoms with Crippen LogP contribution < -0.4 is 4.74 Å². The molecule has 0 aliphatic carbocycles. The van der Waals surface area contributed by atoms with E-state index in [-0.39, 0.29) is 11.7 Å². The number of phenols is 1. The Morgan fingerprint density at radius 2 is 2.19 bits per heavy atom. The number of hydrogen-bond acceptors (Lipinski definition) is 5. The van der Waals surface area contributed by atoms with E-state index in [1.165, 1.54) is 11.8 Å². The second-order valence-corrected chi connectivity index (χ2v) is 6.73. The van der Waals surface area contributed by atoms with Gasteiger partial charge in [-0.05, 0) is 37.6 Å². The van der Waals surface area contributed by atoms with Crippen molar-refractivity contribution in [2.45, 2.75) is 13.8 Å². The number of carbonyl (C=O) groups is 1. The fourth-order valence-electron chi connectivity index (χ4n) is 1.85. The molecule has 1 aliphatic rings. The van der Waals surface area contributed by atoms with Crippen molar-refractivity contribution in [2.75, 3.05) is 13.2 Å². The highest BCUT2D eigenvalue weighted by atomic mass is 79.9. The van der Waals surface area contributed by atoms with E-state index in [1.54, 1.807) is 23.1 Å². The van der Waals surface area contributed by atoms with E-state index in [0.29, 0.717) is 32.6 Å². The maximum Gasteiger partial charge on any atom is 0.266 e. The quantitative estimate of drug-likeness (QED) is 0.629. The van der Waals surface area contributed by atoms with Crippen LogP contribution in [0.15, 0.2) is 21.5 Å². The summed E-state index contributed by atoms with van der Waals surface area (Å²) >= 11 is 9.84. The maximum atomic E-state index is 12.2. The summed E-state index contributed by atoms with van der Waals surface area (Å²) in [5, 5.41) is 9.81. The van der Waals surface area contributed by atoms with Crippen LogP contribution in [0.2, 0.25) is 0 Å². The minimum atomic E-state index is -0.0922. The van der Waals surface area contributed by atoms with Crippen LogP contribution in [-0.2, 0) is 4.79 Å². The van der Waals surface area contributed by atoms with Crippen molar-refractivity contribution in [3.8, 4) is 11.5 Å². The molecule has 0 unspecified atom stereocenters. The smallest absolute Gasteiger partial charge is 0.266 e. The number of benzene rings is 1. The highest BCUT2D eigenvalue weighted by Crippen LogP contribution is 2.37. The number of thioether (sulfide) groups is 1. The molecular formula is C14H14BrNO3S2. The van der Waals surface area contributed by atoms with Crippen molar-refractivity contribution < 1.29 is 14.6 Å². The van der Waals surface area contributed by atoms with E-state index < -0.39 is 0 Å². The molecule has 0 atom stereocenters. The van der Waals surface area contributed by atoms with Gasteiger partial charge in [0.05, 0.1) is 11.5 Å². The molecule has 112 valence electrons. The zero-order valence-corrected chi connectivity index (χ0v) is 14.8. The Balaban J connectivity index is 2.39. The van der Waals surface area contributed by atoms with E-state index >= 15 is 0 Å². The predicted molar refractivity (Wildman–Crippen MR) is 92.5 cm³/mol. The molecular weight excluding hydrogens is 374 g/mol. The lowest BCUT2D eigenvalue weighted by atomic mass is 10.2. The molecule has 0 saturated carbocycles. The summed E-state index contributed by atoms with van der Waals surface area (Å²) in [7, 11) is 0. The summed E-state index contributed by atoms with van der Waals surface area (Å²) in [6.07, 6.45) is 1.75. The number of amides is 1. The van der Waals surface area contributed by atoms with E-state index in [2.05, 4.69) is 15.9 Å². The van der Waals surface area contributed by atoms with Crippen LogP contribution in [0.3, 0.4) is 0 Å². The SMILES string of the molecule is CCOc1cc(/C=C2\SC(=S)N(CC)C2=O)c(Br)cc1O. The first kappa shape index (κ1) is 16.3. The molecule has 1 aromatic rings. The van der Waals surface area contributed by atoms with Crippen LogP contribution >= 0.6 is 39.9 Å². The Morgan fingerprint density at radius 3 is 2.76 bits per heavy atom. The zero-order valence-electron chi connectivity index (χ0n) is 11.6. The lowest BCUT2D eigenvalue weighted by molar-refractivity contribution is -0.121. The van der Waals surface area contributed by atoms with Gasteiger partial charge in [-0.2, -0.15) is 0 Å². The molecule has 1 amide bonds. The second kappa shape index (κ2) is 6.81. The number of carbonyl (C=O) groups excluding carboxylic acids is 1. The van der Waals surface area contributed by atoms with Gasteiger partial charge < -0.3 is 9.84 Å². The normalized spacial score (nSPS) is 16.9. The number of rotatable bonds is 4. The van der Waals surface area contributed by atoms with E-state index in [1.807, 2.05) is 13.8 Å². The fraction of sp³-hybridized carbons (Fsp3) is 0.286. The molecule has 0 aromatic heterocycles. The van der Waals surface area contributed by atoms with Gasteiger partial charge in [0.25, 0.3) is 5.91 Å². The Morgan fingerprint density at radius 1 is 1.48 bits per heavy atom. The van der Waals surface area contributed by atoms with Crippen LogP contribution in [-0.4, -0.2) is 33.4 Å². The Labute approximate surface area is 141 Å². The minimum absolute atomic E-state index is 0.0574. The van der Waals surface area contributed by atoms with E-state index in [4.69, 9.17) is 17.0 Å². The number of hydrogen-bond donors (Lipinski definition) is 1. The lowest BCUT2D eigenvalue weighted by Gasteiger charge is -2.10. The first-order chi connectivity index (χ1) is 9.97. The van der Waals surface area contributed by atoms with E-state index in [0.717, 1.165) is 5.56 Å². The van der Waals surface area contributed by atoms with Gasteiger partial charge in [-0.1, -0.05) is 39.9 Å².